The first-order chi connectivity index (χ1) is 17.3. The summed E-state index contributed by atoms with van der Waals surface area (Å²) in [7, 11) is 1.59. The number of aryl methyl sites for hydroxylation is 1. The normalized spacial score (nSPS) is 18.9. The molecule has 1 aliphatic carbocycles. The maximum atomic E-state index is 11.5. The molecule has 0 saturated carbocycles. The number of benzene rings is 1. The molecule has 2 aliphatic heterocycles. The smallest absolute Gasteiger partial charge is 0.298 e. The predicted molar refractivity (Wildman–Crippen MR) is 135 cm³/mol. The Labute approximate surface area is 207 Å². The maximum Gasteiger partial charge on any atom is 0.298 e. The van der Waals surface area contributed by atoms with Gasteiger partial charge in [0.05, 0.1) is 24.6 Å². The van der Waals surface area contributed by atoms with Crippen molar-refractivity contribution < 1.29 is 23.7 Å². The number of fused-ring (bicyclic) bond motifs is 3. The quantitative estimate of drug-likeness (QED) is 0.399. The van der Waals surface area contributed by atoms with Crippen LogP contribution < -0.4 is 19.5 Å². The van der Waals surface area contributed by atoms with Gasteiger partial charge in [-0.2, -0.15) is 0 Å². The van der Waals surface area contributed by atoms with Crippen molar-refractivity contribution in [2.75, 3.05) is 51.9 Å². The molecule has 2 saturated heterocycles. The number of likely N-dealkylation sites (tertiary alicyclic amines) is 1. The van der Waals surface area contributed by atoms with Crippen molar-refractivity contribution in [3.8, 4) is 17.2 Å². The average molecular weight is 484 g/mol. The second-order valence-electron chi connectivity index (χ2n) is 9.75. The number of pyridine rings is 1. The third kappa shape index (κ3) is 5.33. The lowest BCUT2D eigenvalue weighted by atomic mass is 9.88. The summed E-state index contributed by atoms with van der Waals surface area (Å²) in [6.45, 7) is 5.96. The third-order valence-electron chi connectivity index (χ3n) is 7.48. The minimum atomic E-state index is 0.352. The van der Waals surface area contributed by atoms with Gasteiger partial charge in [-0.1, -0.05) is 0 Å². The highest BCUT2D eigenvalue weighted by Gasteiger charge is 2.27. The first-order valence-corrected chi connectivity index (χ1v) is 13.1. The van der Waals surface area contributed by atoms with Gasteiger partial charge in [0.2, 0.25) is 5.75 Å². The van der Waals surface area contributed by atoms with Crippen LogP contribution in [0.2, 0.25) is 0 Å². The number of carbonyl (C=O) groups excluding carboxylic acids is 1. The number of ether oxygens (including phenoxy) is 4. The molecule has 1 aromatic heterocycles. The standard InChI is InChI=1S/C27H37N3O5/c1-32-25-23(34-14-6-13-30-11-4-5-12-30)17-22-24(26(25)35-18-31)20-7-2-3-8-21(20)27(29-22)28-19-9-15-33-16-10-19/h17-19H,2-16H2,1H3,(H,28,29). The molecule has 5 rings (SSSR count). The van der Waals surface area contributed by atoms with E-state index in [1.54, 1.807) is 7.11 Å². The minimum absolute atomic E-state index is 0.352. The molecule has 3 heterocycles. The van der Waals surface area contributed by atoms with Crippen LogP contribution in [0.1, 0.15) is 56.1 Å². The molecule has 190 valence electrons. The second kappa shape index (κ2) is 11.4. The number of methoxy groups -OCH3 is 1. The Morgan fingerprint density at radius 2 is 1.89 bits per heavy atom. The molecule has 0 unspecified atom stereocenters. The molecular formula is C27H37N3O5. The van der Waals surface area contributed by atoms with Crippen molar-refractivity contribution in [3.63, 3.8) is 0 Å². The zero-order chi connectivity index (χ0) is 24.0. The number of hydrogen-bond donors (Lipinski definition) is 1. The predicted octanol–water partition coefficient (Wildman–Crippen LogP) is 4.11. The molecule has 35 heavy (non-hydrogen) atoms. The van der Waals surface area contributed by atoms with E-state index in [0.717, 1.165) is 81.4 Å². The van der Waals surface area contributed by atoms with Crippen molar-refractivity contribution >= 4 is 23.2 Å². The van der Waals surface area contributed by atoms with Crippen LogP contribution in [-0.2, 0) is 22.4 Å². The molecule has 3 aliphatic rings. The summed E-state index contributed by atoms with van der Waals surface area (Å²) in [5.74, 6) is 2.39. The number of nitrogens with zero attached hydrogens (tertiary/aromatic N) is 2. The Balaban J connectivity index is 1.49. The third-order valence-corrected chi connectivity index (χ3v) is 7.48. The SMILES string of the molecule is COc1c(OCCCN2CCCC2)cc2nc(NC3CCOCC3)c3c(c2c1OC=O)CCCC3. The Hall–Kier alpha value is -2.58. The van der Waals surface area contributed by atoms with Gasteiger partial charge in [-0.05, 0) is 82.0 Å². The van der Waals surface area contributed by atoms with E-state index in [-0.39, 0.29) is 0 Å². The van der Waals surface area contributed by atoms with Crippen LogP contribution in [-0.4, -0.2) is 69.0 Å². The molecule has 1 aromatic carbocycles. The van der Waals surface area contributed by atoms with Gasteiger partial charge in [0.15, 0.2) is 11.5 Å². The highest BCUT2D eigenvalue weighted by molar-refractivity contribution is 5.96. The highest BCUT2D eigenvalue weighted by atomic mass is 16.6. The van der Waals surface area contributed by atoms with Gasteiger partial charge in [-0.3, -0.25) is 4.79 Å². The molecule has 0 spiro atoms. The van der Waals surface area contributed by atoms with Crippen LogP contribution in [0.15, 0.2) is 6.07 Å². The Kier molecular flexibility index (Phi) is 7.88. The van der Waals surface area contributed by atoms with Gasteiger partial charge in [0.25, 0.3) is 6.47 Å². The molecular weight excluding hydrogens is 446 g/mol. The Morgan fingerprint density at radius 3 is 2.63 bits per heavy atom. The number of anilines is 1. The summed E-state index contributed by atoms with van der Waals surface area (Å²) in [6, 6.07) is 2.30. The lowest BCUT2D eigenvalue weighted by Crippen LogP contribution is -2.29. The van der Waals surface area contributed by atoms with Crippen LogP contribution in [0.3, 0.4) is 0 Å². The summed E-state index contributed by atoms with van der Waals surface area (Å²) < 4.78 is 23.0. The fraction of sp³-hybridized carbons (Fsp3) is 0.630. The number of aromatic nitrogens is 1. The average Bonchev–Trinajstić information content (AvgIpc) is 3.41. The topological polar surface area (TPSA) is 82.2 Å². The lowest BCUT2D eigenvalue weighted by molar-refractivity contribution is -0.120. The summed E-state index contributed by atoms with van der Waals surface area (Å²) in [6.07, 6.45) is 9.55. The zero-order valence-corrected chi connectivity index (χ0v) is 20.8. The van der Waals surface area contributed by atoms with Crippen LogP contribution >= 0.6 is 0 Å². The number of hydrogen-bond acceptors (Lipinski definition) is 8. The number of rotatable bonds is 10. The fourth-order valence-electron chi connectivity index (χ4n) is 5.71. The monoisotopic (exact) mass is 483 g/mol. The lowest BCUT2D eigenvalue weighted by Gasteiger charge is -2.28. The summed E-state index contributed by atoms with van der Waals surface area (Å²) in [4.78, 5) is 19.1. The van der Waals surface area contributed by atoms with E-state index >= 15 is 0 Å². The van der Waals surface area contributed by atoms with E-state index in [1.807, 2.05) is 6.07 Å². The van der Waals surface area contributed by atoms with E-state index in [4.69, 9.17) is 23.9 Å². The van der Waals surface area contributed by atoms with Crippen molar-refractivity contribution in [1.82, 2.24) is 9.88 Å². The van der Waals surface area contributed by atoms with Gasteiger partial charge in [0.1, 0.15) is 5.82 Å². The van der Waals surface area contributed by atoms with Gasteiger partial charge >= 0.3 is 0 Å². The Bertz CT molecular complexity index is 1030. The van der Waals surface area contributed by atoms with Crippen LogP contribution in [0.25, 0.3) is 10.9 Å². The molecule has 0 atom stereocenters. The molecule has 0 amide bonds. The zero-order valence-electron chi connectivity index (χ0n) is 20.8. The molecule has 1 N–H and O–H groups in total. The number of nitrogens with one attached hydrogen (secondary N) is 1. The van der Waals surface area contributed by atoms with E-state index in [2.05, 4.69) is 10.2 Å². The van der Waals surface area contributed by atoms with E-state index < -0.39 is 0 Å². The molecule has 0 radical (unpaired) electrons. The van der Waals surface area contributed by atoms with Crippen LogP contribution in [0.5, 0.6) is 17.2 Å². The van der Waals surface area contributed by atoms with Crippen molar-refractivity contribution in [2.45, 2.75) is 63.8 Å². The van der Waals surface area contributed by atoms with Crippen LogP contribution in [0.4, 0.5) is 5.82 Å². The van der Waals surface area contributed by atoms with Crippen molar-refractivity contribution in [3.05, 3.63) is 17.2 Å². The summed E-state index contributed by atoms with van der Waals surface area (Å²) in [5.41, 5.74) is 3.20. The molecule has 2 aromatic rings. The largest absolute Gasteiger partial charge is 0.490 e. The first-order valence-electron chi connectivity index (χ1n) is 13.1. The first kappa shape index (κ1) is 24.1. The summed E-state index contributed by atoms with van der Waals surface area (Å²) in [5, 5.41) is 4.57. The second-order valence-corrected chi connectivity index (χ2v) is 9.75. The van der Waals surface area contributed by atoms with Gasteiger partial charge in [-0.25, -0.2) is 4.98 Å². The van der Waals surface area contributed by atoms with Gasteiger partial charge < -0.3 is 29.2 Å². The molecule has 8 nitrogen and oxygen atoms in total. The van der Waals surface area contributed by atoms with Gasteiger partial charge in [0, 0.05) is 31.9 Å². The summed E-state index contributed by atoms with van der Waals surface area (Å²) >= 11 is 0. The molecule has 2 fully saturated rings. The fourth-order valence-corrected chi connectivity index (χ4v) is 5.71. The number of carbonyl (C=O) groups is 1. The molecule has 0 bridgehead atoms. The van der Waals surface area contributed by atoms with Gasteiger partial charge in [-0.15, -0.1) is 0 Å². The van der Waals surface area contributed by atoms with Crippen molar-refractivity contribution in [1.29, 1.82) is 0 Å². The van der Waals surface area contributed by atoms with E-state index in [0.29, 0.717) is 36.4 Å². The maximum absolute atomic E-state index is 11.5. The van der Waals surface area contributed by atoms with E-state index in [1.165, 1.54) is 37.1 Å². The molecule has 8 heteroatoms. The minimum Gasteiger partial charge on any atom is -0.490 e. The highest BCUT2D eigenvalue weighted by Crippen LogP contribution is 2.47. The van der Waals surface area contributed by atoms with Crippen molar-refractivity contribution in [2.24, 2.45) is 0 Å². The Morgan fingerprint density at radius 1 is 1.11 bits per heavy atom. The van der Waals surface area contributed by atoms with E-state index in [9.17, 15) is 4.79 Å². The van der Waals surface area contributed by atoms with Crippen LogP contribution in [0, 0.1) is 0 Å².